The van der Waals surface area contributed by atoms with Crippen molar-refractivity contribution in [3.8, 4) is 0 Å². The monoisotopic (exact) mass is 238 g/mol. The molecular formula is C16H30O. The third-order valence-corrected chi connectivity index (χ3v) is 5.35. The Hall–Kier alpha value is -0.0400. The van der Waals surface area contributed by atoms with E-state index in [1.807, 2.05) is 0 Å². The highest BCUT2D eigenvalue weighted by atomic mass is 16.3. The summed E-state index contributed by atoms with van der Waals surface area (Å²) in [6, 6.07) is 0. The standard InChI is InChI=1S/C16H30O/c1-13(2)15-11-7-8-12-16(15,17)14-9-5-3-4-6-10-14/h13-15,17H,3-12H2,1-2H3. The Morgan fingerprint density at radius 3 is 2.06 bits per heavy atom. The summed E-state index contributed by atoms with van der Waals surface area (Å²) >= 11 is 0. The second-order valence-corrected chi connectivity index (χ2v) is 6.78. The largest absolute Gasteiger partial charge is 0.389 e. The minimum absolute atomic E-state index is 0.323. The summed E-state index contributed by atoms with van der Waals surface area (Å²) in [5, 5.41) is 11.3. The second kappa shape index (κ2) is 5.73. The lowest BCUT2D eigenvalue weighted by Gasteiger charge is -2.47. The molecule has 2 saturated carbocycles. The van der Waals surface area contributed by atoms with Crippen LogP contribution in [0.15, 0.2) is 0 Å². The molecule has 0 saturated heterocycles. The third kappa shape index (κ3) is 2.86. The minimum atomic E-state index is -0.323. The summed E-state index contributed by atoms with van der Waals surface area (Å²) in [5.41, 5.74) is -0.323. The quantitative estimate of drug-likeness (QED) is 0.701. The molecule has 0 heterocycles. The molecule has 0 amide bonds. The molecule has 0 aliphatic heterocycles. The SMILES string of the molecule is CC(C)C1CCCCC1(O)C1CCCCCC1. The van der Waals surface area contributed by atoms with Crippen LogP contribution in [-0.4, -0.2) is 10.7 Å². The van der Waals surface area contributed by atoms with Gasteiger partial charge in [0.25, 0.3) is 0 Å². The van der Waals surface area contributed by atoms with Crippen molar-refractivity contribution in [2.75, 3.05) is 0 Å². The van der Waals surface area contributed by atoms with Crippen LogP contribution in [0.2, 0.25) is 0 Å². The maximum absolute atomic E-state index is 11.3. The van der Waals surface area contributed by atoms with Gasteiger partial charge in [-0.15, -0.1) is 0 Å². The van der Waals surface area contributed by atoms with E-state index in [4.69, 9.17) is 0 Å². The molecule has 2 unspecified atom stereocenters. The smallest absolute Gasteiger partial charge is 0.0706 e. The lowest BCUT2D eigenvalue weighted by atomic mass is 9.63. The van der Waals surface area contributed by atoms with Crippen LogP contribution in [0.1, 0.15) is 78.1 Å². The Bertz CT molecular complexity index is 228. The van der Waals surface area contributed by atoms with Crippen LogP contribution >= 0.6 is 0 Å². The first kappa shape index (κ1) is 13.4. The van der Waals surface area contributed by atoms with Crippen LogP contribution in [0.25, 0.3) is 0 Å². The van der Waals surface area contributed by atoms with Gasteiger partial charge < -0.3 is 5.11 Å². The number of rotatable bonds is 2. The molecule has 0 radical (unpaired) electrons. The molecule has 2 atom stereocenters. The number of hydrogen-bond acceptors (Lipinski definition) is 1. The summed E-state index contributed by atoms with van der Waals surface area (Å²) in [7, 11) is 0. The molecule has 0 bridgehead atoms. The van der Waals surface area contributed by atoms with E-state index in [2.05, 4.69) is 13.8 Å². The van der Waals surface area contributed by atoms with E-state index in [1.54, 1.807) is 0 Å². The van der Waals surface area contributed by atoms with Crippen LogP contribution in [-0.2, 0) is 0 Å². The van der Waals surface area contributed by atoms with Gasteiger partial charge in [0.05, 0.1) is 5.60 Å². The Labute approximate surface area is 107 Å². The molecule has 0 aromatic heterocycles. The molecule has 2 aliphatic carbocycles. The summed E-state index contributed by atoms with van der Waals surface area (Å²) < 4.78 is 0. The van der Waals surface area contributed by atoms with Crippen molar-refractivity contribution in [1.29, 1.82) is 0 Å². The molecule has 100 valence electrons. The van der Waals surface area contributed by atoms with Crippen LogP contribution in [0.5, 0.6) is 0 Å². The van der Waals surface area contributed by atoms with Gasteiger partial charge in [0.2, 0.25) is 0 Å². The van der Waals surface area contributed by atoms with E-state index in [0.29, 0.717) is 17.8 Å². The predicted octanol–water partition coefficient (Wildman–Crippen LogP) is 4.53. The van der Waals surface area contributed by atoms with E-state index in [1.165, 1.54) is 57.8 Å². The Kier molecular flexibility index (Phi) is 4.52. The maximum Gasteiger partial charge on any atom is 0.0706 e. The van der Waals surface area contributed by atoms with Crippen LogP contribution in [0.3, 0.4) is 0 Å². The van der Waals surface area contributed by atoms with Crippen molar-refractivity contribution in [1.82, 2.24) is 0 Å². The first-order valence-electron chi connectivity index (χ1n) is 7.87. The highest BCUT2D eigenvalue weighted by Gasteiger charge is 2.45. The Balaban J connectivity index is 2.11. The van der Waals surface area contributed by atoms with Crippen molar-refractivity contribution in [2.24, 2.45) is 17.8 Å². The predicted molar refractivity (Wildman–Crippen MR) is 72.9 cm³/mol. The molecule has 0 aromatic carbocycles. The summed E-state index contributed by atoms with van der Waals surface area (Å²) in [5.74, 6) is 1.79. The molecule has 1 N–H and O–H groups in total. The molecule has 1 heteroatoms. The zero-order valence-corrected chi connectivity index (χ0v) is 11.8. The fourth-order valence-electron chi connectivity index (χ4n) is 4.40. The molecule has 0 aromatic rings. The van der Waals surface area contributed by atoms with Crippen LogP contribution < -0.4 is 0 Å². The van der Waals surface area contributed by atoms with E-state index in [9.17, 15) is 5.11 Å². The van der Waals surface area contributed by atoms with Crippen molar-refractivity contribution >= 4 is 0 Å². The fourth-order valence-corrected chi connectivity index (χ4v) is 4.40. The van der Waals surface area contributed by atoms with Gasteiger partial charge in [0.1, 0.15) is 0 Å². The molecule has 0 spiro atoms. The Morgan fingerprint density at radius 1 is 0.882 bits per heavy atom. The number of aliphatic hydroxyl groups is 1. The lowest BCUT2D eigenvalue weighted by molar-refractivity contribution is -0.113. The van der Waals surface area contributed by atoms with E-state index in [-0.39, 0.29) is 5.60 Å². The van der Waals surface area contributed by atoms with Gasteiger partial charge in [-0.05, 0) is 43.4 Å². The van der Waals surface area contributed by atoms with Crippen molar-refractivity contribution in [3.63, 3.8) is 0 Å². The van der Waals surface area contributed by atoms with Gasteiger partial charge in [0, 0.05) is 0 Å². The van der Waals surface area contributed by atoms with Crippen LogP contribution in [0.4, 0.5) is 0 Å². The van der Waals surface area contributed by atoms with E-state index in [0.717, 1.165) is 6.42 Å². The van der Waals surface area contributed by atoms with Crippen LogP contribution in [0, 0.1) is 17.8 Å². The van der Waals surface area contributed by atoms with Crippen molar-refractivity contribution in [3.05, 3.63) is 0 Å². The normalized spacial score (nSPS) is 37.1. The highest BCUT2D eigenvalue weighted by Crippen LogP contribution is 2.46. The highest BCUT2D eigenvalue weighted by molar-refractivity contribution is 4.96. The van der Waals surface area contributed by atoms with Gasteiger partial charge in [-0.3, -0.25) is 0 Å². The van der Waals surface area contributed by atoms with E-state index >= 15 is 0 Å². The molecule has 1 nitrogen and oxygen atoms in total. The fraction of sp³-hybridized carbons (Fsp3) is 1.00. The average molecular weight is 238 g/mol. The molecule has 2 fully saturated rings. The van der Waals surface area contributed by atoms with Gasteiger partial charge >= 0.3 is 0 Å². The maximum atomic E-state index is 11.3. The van der Waals surface area contributed by atoms with Crippen molar-refractivity contribution < 1.29 is 5.11 Å². The summed E-state index contributed by atoms with van der Waals surface area (Å²) in [6.07, 6.45) is 12.9. The lowest BCUT2D eigenvalue weighted by Crippen LogP contribution is -2.49. The molecule has 2 aliphatic rings. The first-order valence-corrected chi connectivity index (χ1v) is 7.87. The number of hydrogen-bond donors (Lipinski definition) is 1. The third-order valence-electron chi connectivity index (χ3n) is 5.35. The molecule has 17 heavy (non-hydrogen) atoms. The summed E-state index contributed by atoms with van der Waals surface area (Å²) in [6.45, 7) is 4.61. The molecular weight excluding hydrogens is 208 g/mol. The Morgan fingerprint density at radius 2 is 1.47 bits per heavy atom. The first-order chi connectivity index (χ1) is 8.14. The van der Waals surface area contributed by atoms with Gasteiger partial charge in [-0.2, -0.15) is 0 Å². The van der Waals surface area contributed by atoms with Gasteiger partial charge in [-0.1, -0.05) is 52.4 Å². The van der Waals surface area contributed by atoms with E-state index < -0.39 is 0 Å². The second-order valence-electron chi connectivity index (χ2n) is 6.78. The molecule has 2 rings (SSSR count). The summed E-state index contributed by atoms with van der Waals surface area (Å²) in [4.78, 5) is 0. The van der Waals surface area contributed by atoms with Crippen molar-refractivity contribution in [2.45, 2.75) is 83.7 Å². The van der Waals surface area contributed by atoms with Gasteiger partial charge in [-0.25, -0.2) is 0 Å². The minimum Gasteiger partial charge on any atom is -0.389 e. The zero-order chi connectivity index (χ0) is 12.3. The zero-order valence-electron chi connectivity index (χ0n) is 11.8. The van der Waals surface area contributed by atoms with Gasteiger partial charge in [0.15, 0.2) is 0 Å². The topological polar surface area (TPSA) is 20.2 Å². The average Bonchev–Trinajstić information content (AvgIpc) is 2.58.